The molecule has 2 nitrogen and oxygen atoms in total. The smallest absolute Gasteiger partial charge is 0.0570 e. The highest BCUT2D eigenvalue weighted by atomic mass is 16.3. The lowest BCUT2D eigenvalue weighted by atomic mass is 9.70. The van der Waals surface area contributed by atoms with Crippen molar-refractivity contribution in [2.75, 3.05) is 6.54 Å². The van der Waals surface area contributed by atoms with Crippen molar-refractivity contribution in [1.29, 1.82) is 0 Å². The van der Waals surface area contributed by atoms with Gasteiger partial charge in [-0.3, -0.25) is 0 Å². The molecule has 1 heterocycles. The van der Waals surface area contributed by atoms with Gasteiger partial charge in [0.15, 0.2) is 0 Å². The van der Waals surface area contributed by atoms with Crippen LogP contribution in [0.4, 0.5) is 0 Å². The Kier molecular flexibility index (Phi) is 2.50. The Labute approximate surface area is 75.4 Å². The highest BCUT2D eigenvalue weighted by molar-refractivity contribution is 4.98. The van der Waals surface area contributed by atoms with E-state index in [9.17, 15) is 5.11 Å². The summed E-state index contributed by atoms with van der Waals surface area (Å²) in [5.74, 6) is 0. The highest BCUT2D eigenvalue weighted by Gasteiger charge is 2.40. The van der Waals surface area contributed by atoms with Crippen molar-refractivity contribution >= 4 is 0 Å². The molecule has 0 spiro atoms. The Bertz CT molecular complexity index is 162. The molecule has 0 saturated carbocycles. The van der Waals surface area contributed by atoms with Crippen molar-refractivity contribution in [3.8, 4) is 0 Å². The first-order valence-corrected chi connectivity index (χ1v) is 4.78. The van der Waals surface area contributed by atoms with Crippen LogP contribution in [0.25, 0.3) is 0 Å². The van der Waals surface area contributed by atoms with Gasteiger partial charge >= 0.3 is 0 Å². The molecule has 1 rings (SSSR count). The van der Waals surface area contributed by atoms with Crippen LogP contribution in [0.15, 0.2) is 0 Å². The highest BCUT2D eigenvalue weighted by Crippen LogP contribution is 2.36. The zero-order valence-corrected chi connectivity index (χ0v) is 8.65. The van der Waals surface area contributed by atoms with Gasteiger partial charge in [-0.25, -0.2) is 0 Å². The predicted molar refractivity (Wildman–Crippen MR) is 51.1 cm³/mol. The summed E-state index contributed by atoms with van der Waals surface area (Å²) in [6.07, 6.45) is 1.65. The molecule has 1 aliphatic rings. The molecule has 12 heavy (non-hydrogen) atoms. The summed E-state index contributed by atoms with van der Waals surface area (Å²) >= 11 is 0. The predicted octanol–water partition coefficient (Wildman–Crippen LogP) is 1.54. The summed E-state index contributed by atoms with van der Waals surface area (Å²) in [4.78, 5) is 0. The lowest BCUT2D eigenvalue weighted by Gasteiger charge is -2.47. The molecule has 1 saturated heterocycles. The molecule has 2 N–H and O–H groups in total. The van der Waals surface area contributed by atoms with Crippen molar-refractivity contribution < 1.29 is 5.11 Å². The molecule has 1 fully saturated rings. The molecule has 1 aliphatic heterocycles. The molecule has 0 bridgehead atoms. The zero-order valence-electron chi connectivity index (χ0n) is 8.65. The molecule has 2 atom stereocenters. The Morgan fingerprint density at radius 2 is 2.00 bits per heavy atom. The molecule has 0 aromatic heterocycles. The van der Waals surface area contributed by atoms with E-state index in [1.807, 2.05) is 0 Å². The lowest BCUT2D eigenvalue weighted by molar-refractivity contribution is 0.0308. The third-order valence-electron chi connectivity index (χ3n) is 3.29. The fourth-order valence-corrected chi connectivity index (χ4v) is 1.73. The van der Waals surface area contributed by atoms with Crippen LogP contribution in [0.1, 0.15) is 40.5 Å². The molecular weight excluding hydrogens is 150 g/mol. The second kappa shape index (κ2) is 3.00. The lowest BCUT2D eigenvalue weighted by Crippen LogP contribution is -2.58. The van der Waals surface area contributed by atoms with E-state index in [2.05, 4.69) is 33.0 Å². The topological polar surface area (TPSA) is 32.3 Å². The largest absolute Gasteiger partial charge is 0.393 e. The van der Waals surface area contributed by atoms with E-state index >= 15 is 0 Å². The Morgan fingerprint density at radius 1 is 1.42 bits per heavy atom. The molecule has 2 unspecified atom stereocenters. The van der Waals surface area contributed by atoms with Crippen LogP contribution < -0.4 is 5.32 Å². The van der Waals surface area contributed by atoms with Crippen molar-refractivity contribution in [3.63, 3.8) is 0 Å². The van der Waals surface area contributed by atoms with Crippen LogP contribution in [0.3, 0.4) is 0 Å². The van der Waals surface area contributed by atoms with Gasteiger partial charge in [-0.15, -0.1) is 0 Å². The minimum Gasteiger partial charge on any atom is -0.393 e. The van der Waals surface area contributed by atoms with Crippen molar-refractivity contribution in [1.82, 2.24) is 5.32 Å². The van der Waals surface area contributed by atoms with Crippen LogP contribution in [0, 0.1) is 5.41 Å². The summed E-state index contributed by atoms with van der Waals surface area (Å²) in [7, 11) is 0. The molecule has 0 aliphatic carbocycles. The molecular formula is C10H21NO. The molecule has 0 aromatic rings. The van der Waals surface area contributed by atoms with Gasteiger partial charge in [-0.2, -0.15) is 0 Å². The van der Waals surface area contributed by atoms with Gasteiger partial charge in [0.1, 0.15) is 0 Å². The number of aliphatic hydroxyl groups excluding tert-OH is 1. The minimum atomic E-state index is -0.115. The van der Waals surface area contributed by atoms with Crippen LogP contribution in [-0.2, 0) is 0 Å². The molecule has 0 aromatic carbocycles. The molecule has 2 heteroatoms. The van der Waals surface area contributed by atoms with Crippen molar-refractivity contribution in [3.05, 3.63) is 0 Å². The molecule has 72 valence electrons. The van der Waals surface area contributed by atoms with Gasteiger partial charge < -0.3 is 10.4 Å². The van der Waals surface area contributed by atoms with Gasteiger partial charge in [-0.05, 0) is 31.7 Å². The fourth-order valence-electron chi connectivity index (χ4n) is 1.73. The summed E-state index contributed by atoms with van der Waals surface area (Å²) in [5.41, 5.74) is 0.305. The summed E-state index contributed by atoms with van der Waals surface area (Å²) in [5, 5.41) is 13.1. The first kappa shape index (κ1) is 10.0. The summed E-state index contributed by atoms with van der Waals surface area (Å²) < 4.78 is 0. The second-order valence-electron chi connectivity index (χ2n) is 5.16. The zero-order chi connectivity index (χ0) is 9.41. The fraction of sp³-hybridized carbons (Fsp3) is 1.00. The van der Waals surface area contributed by atoms with Crippen LogP contribution in [0.5, 0.6) is 0 Å². The van der Waals surface area contributed by atoms with E-state index in [4.69, 9.17) is 0 Å². The van der Waals surface area contributed by atoms with E-state index in [1.54, 1.807) is 0 Å². The van der Waals surface area contributed by atoms with E-state index < -0.39 is 0 Å². The van der Waals surface area contributed by atoms with Crippen LogP contribution in [-0.4, -0.2) is 23.3 Å². The maximum absolute atomic E-state index is 9.57. The molecule has 0 amide bonds. The maximum Gasteiger partial charge on any atom is 0.0570 e. The first-order chi connectivity index (χ1) is 5.35. The maximum atomic E-state index is 9.57. The van der Waals surface area contributed by atoms with Gasteiger partial charge in [0.25, 0.3) is 0 Å². The van der Waals surface area contributed by atoms with Gasteiger partial charge in [0, 0.05) is 5.54 Å². The number of nitrogens with one attached hydrogen (secondary N) is 1. The summed E-state index contributed by atoms with van der Waals surface area (Å²) in [6.45, 7) is 9.80. The third-order valence-corrected chi connectivity index (χ3v) is 3.29. The first-order valence-electron chi connectivity index (χ1n) is 4.78. The minimum absolute atomic E-state index is 0.0880. The van der Waals surface area contributed by atoms with Crippen molar-refractivity contribution in [2.24, 2.45) is 5.41 Å². The number of rotatable bonds is 0. The Hall–Kier alpha value is -0.0800. The molecule has 0 radical (unpaired) electrons. The SMILES string of the molecule is CC(C)(C)C1(C)CC(O)CCN1. The van der Waals surface area contributed by atoms with Crippen LogP contribution >= 0.6 is 0 Å². The number of piperidine rings is 1. The quantitative estimate of drug-likeness (QED) is 0.579. The Balaban J connectivity index is 2.70. The van der Waals surface area contributed by atoms with Gasteiger partial charge in [0.2, 0.25) is 0 Å². The van der Waals surface area contributed by atoms with E-state index in [0.29, 0.717) is 0 Å². The van der Waals surface area contributed by atoms with Gasteiger partial charge in [0.05, 0.1) is 6.10 Å². The van der Waals surface area contributed by atoms with E-state index in [0.717, 1.165) is 19.4 Å². The monoisotopic (exact) mass is 171 g/mol. The van der Waals surface area contributed by atoms with Gasteiger partial charge in [-0.1, -0.05) is 20.8 Å². The van der Waals surface area contributed by atoms with E-state index in [1.165, 1.54) is 0 Å². The van der Waals surface area contributed by atoms with E-state index in [-0.39, 0.29) is 17.1 Å². The number of aliphatic hydroxyl groups is 1. The standard InChI is InChI=1S/C10H21NO/c1-9(2,3)10(4)7-8(12)5-6-11-10/h8,11-12H,5-7H2,1-4H3. The van der Waals surface area contributed by atoms with Crippen LogP contribution in [0.2, 0.25) is 0 Å². The normalized spacial score (nSPS) is 38.2. The summed E-state index contributed by atoms with van der Waals surface area (Å²) in [6, 6.07) is 0. The van der Waals surface area contributed by atoms with Crippen molar-refractivity contribution in [2.45, 2.75) is 52.2 Å². The number of hydrogen-bond donors (Lipinski definition) is 2. The second-order valence-corrected chi connectivity index (χ2v) is 5.16. The number of hydrogen-bond acceptors (Lipinski definition) is 2. The Morgan fingerprint density at radius 3 is 2.33 bits per heavy atom. The average Bonchev–Trinajstić information content (AvgIpc) is 1.83. The average molecular weight is 171 g/mol. The third kappa shape index (κ3) is 1.80.